The van der Waals surface area contributed by atoms with Gasteiger partial charge >= 0.3 is 0 Å². The van der Waals surface area contributed by atoms with Crippen LogP contribution in [-0.4, -0.2) is 92.2 Å². The van der Waals surface area contributed by atoms with Crippen LogP contribution in [0.2, 0.25) is 5.02 Å². The Morgan fingerprint density at radius 2 is 1.84 bits per heavy atom. The fourth-order valence-corrected chi connectivity index (χ4v) is 7.86. The van der Waals surface area contributed by atoms with Gasteiger partial charge in [0, 0.05) is 55.2 Å². The largest absolute Gasteiger partial charge is 0.357 e. The molecule has 2 saturated heterocycles. The number of nitrogens with zero attached hydrogens (tertiary/aromatic N) is 4. The highest BCUT2D eigenvalue weighted by atomic mass is 35.5. The van der Waals surface area contributed by atoms with Crippen LogP contribution in [0.3, 0.4) is 0 Å². The zero-order chi connectivity index (χ0) is 27.0. The fourth-order valence-electron chi connectivity index (χ4n) is 5.21. The highest BCUT2D eigenvalue weighted by molar-refractivity contribution is 7.89. The van der Waals surface area contributed by atoms with E-state index in [-0.39, 0.29) is 30.4 Å². The lowest BCUT2D eigenvalue weighted by Crippen LogP contribution is -2.61. The SMILES string of the molecule is CNC(=O)C1CN(S(=O)(=O)c2ccc3cc(Cl)ccc3c2)CCN1C(=O)c1ncc(C2CCCN(C)C2)s1. The van der Waals surface area contributed by atoms with Gasteiger partial charge in [0.1, 0.15) is 6.04 Å². The molecule has 3 aromatic rings. The zero-order valence-corrected chi connectivity index (χ0v) is 23.7. The number of hydrogen-bond acceptors (Lipinski definition) is 7. The molecule has 3 heterocycles. The quantitative estimate of drug-likeness (QED) is 0.502. The third-order valence-electron chi connectivity index (χ3n) is 7.30. The number of piperazine rings is 1. The molecule has 0 aliphatic carbocycles. The zero-order valence-electron chi connectivity index (χ0n) is 21.3. The number of nitrogens with one attached hydrogen (secondary N) is 1. The summed E-state index contributed by atoms with van der Waals surface area (Å²) in [5, 5.41) is 5.06. The summed E-state index contributed by atoms with van der Waals surface area (Å²) < 4.78 is 28.4. The van der Waals surface area contributed by atoms with Crippen LogP contribution in [0.4, 0.5) is 0 Å². The van der Waals surface area contributed by atoms with Gasteiger partial charge < -0.3 is 15.1 Å². The Kier molecular flexibility index (Phi) is 7.74. The van der Waals surface area contributed by atoms with Crippen molar-refractivity contribution in [3.05, 3.63) is 57.5 Å². The van der Waals surface area contributed by atoms with Crippen LogP contribution in [-0.2, 0) is 14.8 Å². The van der Waals surface area contributed by atoms with Crippen molar-refractivity contribution in [2.24, 2.45) is 0 Å². The summed E-state index contributed by atoms with van der Waals surface area (Å²) in [7, 11) is -0.331. The van der Waals surface area contributed by atoms with E-state index in [9.17, 15) is 18.0 Å². The van der Waals surface area contributed by atoms with Gasteiger partial charge in [-0.2, -0.15) is 4.31 Å². The first-order valence-electron chi connectivity index (χ1n) is 12.5. The van der Waals surface area contributed by atoms with Gasteiger partial charge in [0.05, 0.1) is 4.90 Å². The lowest BCUT2D eigenvalue weighted by atomic mass is 9.97. The normalized spacial score (nSPS) is 21.5. The van der Waals surface area contributed by atoms with Gasteiger partial charge in [0.15, 0.2) is 5.01 Å². The number of rotatable bonds is 5. The second kappa shape index (κ2) is 10.9. The van der Waals surface area contributed by atoms with Crippen molar-refractivity contribution in [1.82, 2.24) is 24.4 Å². The first-order chi connectivity index (χ1) is 18.2. The number of thiazole rings is 1. The highest BCUT2D eigenvalue weighted by Crippen LogP contribution is 2.32. The second-order valence-corrected chi connectivity index (χ2v) is 13.3. The Hall–Kier alpha value is -2.57. The molecule has 2 aliphatic heterocycles. The maximum absolute atomic E-state index is 13.6. The van der Waals surface area contributed by atoms with Gasteiger partial charge in [-0.05, 0) is 61.5 Å². The van der Waals surface area contributed by atoms with Gasteiger partial charge in [-0.3, -0.25) is 9.59 Å². The molecule has 202 valence electrons. The van der Waals surface area contributed by atoms with Gasteiger partial charge in [-0.15, -0.1) is 11.3 Å². The fraction of sp³-hybridized carbons (Fsp3) is 0.423. The molecule has 38 heavy (non-hydrogen) atoms. The molecule has 9 nitrogen and oxygen atoms in total. The Morgan fingerprint density at radius 1 is 1.08 bits per heavy atom. The van der Waals surface area contributed by atoms with Crippen molar-refractivity contribution in [3.63, 3.8) is 0 Å². The van der Waals surface area contributed by atoms with Crippen molar-refractivity contribution >= 4 is 55.5 Å². The minimum atomic E-state index is -3.90. The van der Waals surface area contributed by atoms with Crippen molar-refractivity contribution in [3.8, 4) is 0 Å². The van der Waals surface area contributed by atoms with Gasteiger partial charge in [-0.1, -0.05) is 23.7 Å². The number of piperidine rings is 1. The van der Waals surface area contributed by atoms with Gasteiger partial charge in [0.2, 0.25) is 15.9 Å². The standard InChI is InChI=1S/C26H30ClN5O4S2/c1-28-24(33)22-16-31(38(35,36)21-8-6-17-12-20(27)7-5-18(17)13-21)10-11-32(22)26(34)25-29-14-23(37-25)19-4-3-9-30(2)15-19/h5-8,12-14,19,22H,3-4,9-11,15-16H2,1-2H3,(H,28,33). The van der Waals surface area contributed by atoms with E-state index in [1.807, 2.05) is 0 Å². The van der Waals surface area contributed by atoms with E-state index < -0.39 is 22.0 Å². The Balaban J connectivity index is 1.36. The molecular formula is C26H30ClN5O4S2. The minimum absolute atomic E-state index is 0.0753. The molecule has 2 aromatic carbocycles. The predicted molar refractivity (Wildman–Crippen MR) is 148 cm³/mol. The highest BCUT2D eigenvalue weighted by Gasteiger charge is 2.40. The molecule has 1 aromatic heterocycles. The molecule has 2 aliphatic rings. The number of halogens is 1. The summed E-state index contributed by atoms with van der Waals surface area (Å²) in [6.07, 6.45) is 3.92. The Labute approximate surface area is 231 Å². The molecule has 0 bridgehead atoms. The number of likely N-dealkylation sites (tertiary alicyclic amines) is 1. The van der Waals surface area contributed by atoms with E-state index in [0.29, 0.717) is 15.9 Å². The van der Waals surface area contributed by atoms with Crippen LogP contribution >= 0.6 is 22.9 Å². The van der Waals surface area contributed by atoms with E-state index in [1.165, 1.54) is 27.6 Å². The molecule has 0 saturated carbocycles. The lowest BCUT2D eigenvalue weighted by molar-refractivity contribution is -0.126. The summed E-state index contributed by atoms with van der Waals surface area (Å²) in [6.45, 7) is 2.01. The molecule has 1 N–H and O–H groups in total. The first-order valence-corrected chi connectivity index (χ1v) is 15.2. The maximum atomic E-state index is 13.6. The van der Waals surface area contributed by atoms with Crippen molar-refractivity contribution in [2.45, 2.75) is 29.7 Å². The van der Waals surface area contributed by atoms with Crippen LogP contribution in [0.25, 0.3) is 10.8 Å². The van der Waals surface area contributed by atoms with Crippen molar-refractivity contribution < 1.29 is 18.0 Å². The third kappa shape index (κ3) is 5.30. The molecule has 2 unspecified atom stereocenters. The third-order valence-corrected chi connectivity index (χ3v) is 10.5. The number of amides is 2. The molecule has 0 radical (unpaired) electrons. The Morgan fingerprint density at radius 3 is 2.61 bits per heavy atom. The summed E-state index contributed by atoms with van der Waals surface area (Å²) in [5.41, 5.74) is 0. The van der Waals surface area contributed by atoms with Crippen LogP contribution in [0.5, 0.6) is 0 Å². The maximum Gasteiger partial charge on any atom is 0.283 e. The number of likely N-dealkylation sites (N-methyl/N-ethyl adjacent to an activating group) is 2. The second-order valence-electron chi connectivity index (χ2n) is 9.81. The molecule has 0 spiro atoms. The van der Waals surface area contributed by atoms with Crippen LogP contribution in [0.1, 0.15) is 33.4 Å². The smallest absolute Gasteiger partial charge is 0.283 e. The lowest BCUT2D eigenvalue weighted by Gasteiger charge is -2.39. The van der Waals surface area contributed by atoms with Crippen LogP contribution < -0.4 is 5.32 Å². The van der Waals surface area contributed by atoms with Crippen molar-refractivity contribution in [2.75, 3.05) is 46.8 Å². The van der Waals surface area contributed by atoms with E-state index in [2.05, 4.69) is 22.2 Å². The topological polar surface area (TPSA) is 103 Å². The summed E-state index contributed by atoms with van der Waals surface area (Å²) in [4.78, 5) is 35.7. The van der Waals surface area contributed by atoms with Crippen molar-refractivity contribution in [1.29, 1.82) is 0 Å². The van der Waals surface area contributed by atoms with Crippen LogP contribution in [0.15, 0.2) is 47.5 Å². The average Bonchev–Trinajstić information content (AvgIpc) is 3.42. The molecule has 2 fully saturated rings. The minimum Gasteiger partial charge on any atom is -0.357 e. The molecular weight excluding hydrogens is 546 g/mol. The number of carbonyl (C=O) groups excluding carboxylic acids is 2. The van der Waals surface area contributed by atoms with Crippen LogP contribution in [0, 0.1) is 0 Å². The predicted octanol–water partition coefficient (Wildman–Crippen LogP) is 3.02. The number of sulfonamides is 1. The van der Waals surface area contributed by atoms with Gasteiger partial charge in [0.25, 0.3) is 5.91 Å². The van der Waals surface area contributed by atoms with E-state index in [4.69, 9.17) is 11.6 Å². The number of aromatic nitrogens is 1. The monoisotopic (exact) mass is 575 g/mol. The molecule has 2 atom stereocenters. The van der Waals surface area contributed by atoms with E-state index in [0.717, 1.165) is 41.6 Å². The molecule has 2 amide bonds. The number of benzene rings is 2. The van der Waals surface area contributed by atoms with E-state index in [1.54, 1.807) is 42.6 Å². The van der Waals surface area contributed by atoms with Gasteiger partial charge in [-0.25, -0.2) is 13.4 Å². The van der Waals surface area contributed by atoms with E-state index >= 15 is 0 Å². The molecule has 5 rings (SSSR count). The Bertz CT molecular complexity index is 1480. The number of hydrogen-bond donors (Lipinski definition) is 1. The molecule has 12 heteroatoms. The first kappa shape index (κ1) is 27.0. The number of carbonyl (C=O) groups is 2. The summed E-state index contributed by atoms with van der Waals surface area (Å²) in [6, 6.07) is 9.15. The number of fused-ring (bicyclic) bond motifs is 1. The summed E-state index contributed by atoms with van der Waals surface area (Å²) in [5.74, 6) is -0.432. The summed E-state index contributed by atoms with van der Waals surface area (Å²) >= 11 is 7.43. The average molecular weight is 576 g/mol.